The van der Waals surface area contributed by atoms with Crippen LogP contribution in [0.2, 0.25) is 0 Å². The van der Waals surface area contributed by atoms with Crippen molar-refractivity contribution in [1.82, 2.24) is 9.97 Å². The maximum Gasteiger partial charge on any atom is 0.322 e. The summed E-state index contributed by atoms with van der Waals surface area (Å²) in [7, 11) is 3.16. The average Bonchev–Trinajstić information content (AvgIpc) is 2.53. The molecule has 6 heteroatoms. The molecule has 0 aliphatic rings. The summed E-state index contributed by atoms with van der Waals surface area (Å²) in [5.41, 5.74) is 7.04. The topological polar surface area (TPSA) is 79.5 Å². The van der Waals surface area contributed by atoms with Gasteiger partial charge < -0.3 is 19.9 Å². The van der Waals surface area contributed by atoms with Gasteiger partial charge >= 0.3 is 6.01 Å². The highest BCUT2D eigenvalue weighted by Crippen LogP contribution is 2.32. The molecule has 0 radical (unpaired) electrons. The lowest BCUT2D eigenvalue weighted by Gasteiger charge is -2.09. The summed E-state index contributed by atoms with van der Waals surface area (Å²) < 4.78 is 16.2. The molecule has 0 saturated carbocycles. The van der Waals surface area contributed by atoms with Crippen molar-refractivity contribution in [2.75, 3.05) is 20.0 Å². The fourth-order valence-electron chi connectivity index (χ4n) is 2.07. The molecule has 0 unspecified atom stereocenters. The maximum atomic E-state index is 5.72. The minimum Gasteiger partial charge on any atom is -0.493 e. The summed E-state index contributed by atoms with van der Waals surface area (Å²) in [5, 5.41) is 0.831. The molecule has 0 spiro atoms. The second-order valence-corrected chi connectivity index (χ2v) is 4.59. The molecular weight excluding hydrogens is 282 g/mol. The van der Waals surface area contributed by atoms with Crippen LogP contribution in [-0.4, -0.2) is 24.2 Å². The molecule has 3 aromatic rings. The molecule has 6 nitrogen and oxygen atoms in total. The van der Waals surface area contributed by atoms with Crippen LogP contribution in [-0.2, 0) is 0 Å². The van der Waals surface area contributed by atoms with Gasteiger partial charge in [-0.25, -0.2) is 4.98 Å². The van der Waals surface area contributed by atoms with Crippen LogP contribution >= 0.6 is 0 Å². The number of nitrogen functional groups attached to an aromatic ring is 1. The number of fused-ring (bicyclic) bond motifs is 1. The summed E-state index contributed by atoms with van der Waals surface area (Å²) in [5.74, 6) is 1.81. The summed E-state index contributed by atoms with van der Waals surface area (Å²) in [4.78, 5) is 8.57. The van der Waals surface area contributed by atoms with Crippen molar-refractivity contribution in [2.24, 2.45) is 0 Å². The smallest absolute Gasteiger partial charge is 0.322 e. The molecule has 0 aliphatic heterocycles. The van der Waals surface area contributed by atoms with Crippen molar-refractivity contribution in [3.05, 3.63) is 42.6 Å². The molecule has 1 aromatic heterocycles. The van der Waals surface area contributed by atoms with Gasteiger partial charge in [0.25, 0.3) is 0 Å². The number of hydrogen-bond donors (Lipinski definition) is 1. The molecular formula is C16H15N3O3. The fraction of sp³-hybridized carbons (Fsp3) is 0.125. The number of aromatic nitrogens is 2. The summed E-state index contributed by atoms with van der Waals surface area (Å²) in [6.45, 7) is 0. The monoisotopic (exact) mass is 297 g/mol. The molecule has 0 aliphatic carbocycles. The van der Waals surface area contributed by atoms with Crippen LogP contribution in [0.4, 0.5) is 5.69 Å². The summed E-state index contributed by atoms with van der Waals surface area (Å²) in [6, 6.07) is 10.9. The number of benzene rings is 2. The minimum atomic E-state index is 0.241. The van der Waals surface area contributed by atoms with E-state index in [1.165, 1.54) is 0 Å². The van der Waals surface area contributed by atoms with Gasteiger partial charge in [0, 0.05) is 29.4 Å². The van der Waals surface area contributed by atoms with E-state index < -0.39 is 0 Å². The first-order chi connectivity index (χ1) is 10.7. The number of methoxy groups -OCH3 is 2. The molecule has 2 N–H and O–H groups in total. The third kappa shape index (κ3) is 2.71. The van der Waals surface area contributed by atoms with Crippen LogP contribution < -0.4 is 19.9 Å². The number of ether oxygens (including phenoxy) is 3. The number of hydrogen-bond acceptors (Lipinski definition) is 6. The highest BCUT2D eigenvalue weighted by atomic mass is 16.5. The Labute approximate surface area is 127 Å². The molecule has 2 aromatic carbocycles. The van der Waals surface area contributed by atoms with Gasteiger partial charge in [0.15, 0.2) is 11.5 Å². The van der Waals surface area contributed by atoms with Gasteiger partial charge in [-0.15, -0.1) is 0 Å². The lowest BCUT2D eigenvalue weighted by atomic mass is 10.2. The second-order valence-electron chi connectivity index (χ2n) is 4.59. The maximum absolute atomic E-state index is 5.72. The standard InChI is InChI=1S/C16H15N3O3/c1-20-14-6-10-9-18-16(19-13(10)8-15(14)21-2)22-12-5-3-4-11(17)7-12/h3-9H,17H2,1-2H3. The zero-order chi connectivity index (χ0) is 15.5. The van der Waals surface area contributed by atoms with Crippen LogP contribution in [0.5, 0.6) is 23.3 Å². The largest absolute Gasteiger partial charge is 0.493 e. The fourth-order valence-corrected chi connectivity index (χ4v) is 2.07. The van der Waals surface area contributed by atoms with E-state index in [1.807, 2.05) is 6.07 Å². The van der Waals surface area contributed by atoms with Crippen LogP contribution in [0.1, 0.15) is 0 Å². The Morgan fingerprint density at radius 2 is 1.77 bits per heavy atom. The second kappa shape index (κ2) is 5.77. The van der Waals surface area contributed by atoms with E-state index in [2.05, 4.69) is 9.97 Å². The first-order valence-electron chi connectivity index (χ1n) is 6.62. The Balaban J connectivity index is 1.98. The molecule has 0 atom stereocenters. The molecule has 0 bridgehead atoms. The van der Waals surface area contributed by atoms with Crippen molar-refractivity contribution in [1.29, 1.82) is 0 Å². The molecule has 3 rings (SSSR count). The summed E-state index contributed by atoms with van der Waals surface area (Å²) in [6.07, 6.45) is 1.67. The van der Waals surface area contributed by atoms with E-state index in [0.29, 0.717) is 28.5 Å². The average molecular weight is 297 g/mol. The van der Waals surface area contributed by atoms with E-state index in [9.17, 15) is 0 Å². The summed E-state index contributed by atoms with van der Waals surface area (Å²) >= 11 is 0. The molecule has 22 heavy (non-hydrogen) atoms. The van der Waals surface area contributed by atoms with E-state index in [4.69, 9.17) is 19.9 Å². The van der Waals surface area contributed by atoms with Gasteiger partial charge in [-0.1, -0.05) is 6.07 Å². The third-order valence-corrected chi connectivity index (χ3v) is 3.13. The predicted octanol–water partition coefficient (Wildman–Crippen LogP) is 3.02. The van der Waals surface area contributed by atoms with Crippen LogP contribution in [0.25, 0.3) is 10.9 Å². The molecule has 112 valence electrons. The number of rotatable bonds is 4. The first-order valence-corrected chi connectivity index (χ1v) is 6.62. The third-order valence-electron chi connectivity index (χ3n) is 3.13. The Morgan fingerprint density at radius 1 is 1.00 bits per heavy atom. The molecule has 0 saturated heterocycles. The number of nitrogens with zero attached hydrogens (tertiary/aromatic N) is 2. The van der Waals surface area contributed by atoms with Crippen molar-refractivity contribution in [3.63, 3.8) is 0 Å². The van der Waals surface area contributed by atoms with Crippen LogP contribution in [0.15, 0.2) is 42.6 Å². The molecule has 0 amide bonds. The quantitative estimate of drug-likeness (QED) is 0.746. The number of nitrogens with two attached hydrogens (primary N) is 1. The predicted molar refractivity (Wildman–Crippen MR) is 83.6 cm³/mol. The first kappa shape index (κ1) is 13.9. The van der Waals surface area contributed by atoms with Crippen LogP contribution in [0.3, 0.4) is 0 Å². The van der Waals surface area contributed by atoms with Gasteiger partial charge in [-0.2, -0.15) is 4.98 Å². The lowest BCUT2D eigenvalue weighted by molar-refractivity contribution is 0.355. The Hall–Kier alpha value is -3.02. The van der Waals surface area contributed by atoms with Gasteiger partial charge in [-0.3, -0.25) is 0 Å². The highest BCUT2D eigenvalue weighted by molar-refractivity contribution is 5.82. The van der Waals surface area contributed by atoms with Crippen molar-refractivity contribution in [3.8, 4) is 23.3 Å². The lowest BCUT2D eigenvalue weighted by Crippen LogP contribution is -1.95. The minimum absolute atomic E-state index is 0.241. The van der Waals surface area contributed by atoms with Crippen molar-refractivity contribution in [2.45, 2.75) is 0 Å². The van der Waals surface area contributed by atoms with Crippen molar-refractivity contribution < 1.29 is 14.2 Å². The number of anilines is 1. The Kier molecular flexibility index (Phi) is 3.65. The van der Waals surface area contributed by atoms with E-state index in [1.54, 1.807) is 50.7 Å². The van der Waals surface area contributed by atoms with Crippen LogP contribution in [0, 0.1) is 0 Å². The molecule has 1 heterocycles. The Bertz CT molecular complexity index is 821. The normalized spacial score (nSPS) is 10.5. The molecule has 0 fully saturated rings. The highest BCUT2D eigenvalue weighted by Gasteiger charge is 2.09. The van der Waals surface area contributed by atoms with E-state index in [-0.39, 0.29) is 6.01 Å². The van der Waals surface area contributed by atoms with Gasteiger partial charge in [0.05, 0.1) is 19.7 Å². The van der Waals surface area contributed by atoms with Gasteiger partial charge in [0.1, 0.15) is 5.75 Å². The van der Waals surface area contributed by atoms with E-state index in [0.717, 1.165) is 5.39 Å². The Morgan fingerprint density at radius 3 is 2.50 bits per heavy atom. The van der Waals surface area contributed by atoms with E-state index >= 15 is 0 Å². The van der Waals surface area contributed by atoms with Crippen molar-refractivity contribution >= 4 is 16.6 Å². The van der Waals surface area contributed by atoms with Gasteiger partial charge in [0.2, 0.25) is 0 Å². The zero-order valence-electron chi connectivity index (χ0n) is 12.2. The SMILES string of the molecule is COc1cc2cnc(Oc3cccc(N)c3)nc2cc1OC. The van der Waals surface area contributed by atoms with Gasteiger partial charge in [-0.05, 0) is 18.2 Å². The zero-order valence-corrected chi connectivity index (χ0v) is 12.2.